The Morgan fingerprint density at radius 3 is 1.92 bits per heavy atom. The molecule has 0 bridgehead atoms. The van der Waals surface area contributed by atoms with E-state index in [1.165, 1.54) is 12.1 Å². The highest BCUT2D eigenvalue weighted by Crippen LogP contribution is 2.48. The molecule has 0 amide bonds. The maximum atomic E-state index is 16.9. The first-order chi connectivity index (χ1) is 25.4. The van der Waals surface area contributed by atoms with Crippen LogP contribution in [0, 0.1) is 17.6 Å². The van der Waals surface area contributed by atoms with Crippen LogP contribution in [0.4, 0.5) is 8.78 Å². The zero-order chi connectivity index (χ0) is 34.3. The van der Waals surface area contributed by atoms with Gasteiger partial charge in [-0.3, -0.25) is 18.4 Å². The average molecular weight is 675 g/mol. The maximum Gasteiger partial charge on any atom is 0.264 e. The van der Waals surface area contributed by atoms with Crippen molar-refractivity contribution in [2.45, 2.75) is 6.42 Å². The SMILES string of the molecule is O=c1c2ccc3c4c(F)cc5c6c(ccc(c7c(F)cc(c2c37)c2nc3c(n12)C=C1C=CC=CC1C3)c46)c(=O)n1c2cc3ccccc3cc2nc51. The van der Waals surface area contributed by atoms with Gasteiger partial charge in [-0.1, -0.05) is 60.7 Å². The van der Waals surface area contributed by atoms with Crippen LogP contribution in [-0.2, 0) is 6.42 Å². The summed E-state index contributed by atoms with van der Waals surface area (Å²) in [6, 6.07) is 21.5. The van der Waals surface area contributed by atoms with Crippen LogP contribution < -0.4 is 11.1 Å². The van der Waals surface area contributed by atoms with E-state index in [1.807, 2.05) is 60.7 Å². The Kier molecular flexibility index (Phi) is 4.53. The molecule has 7 aromatic carbocycles. The van der Waals surface area contributed by atoms with Gasteiger partial charge >= 0.3 is 0 Å². The van der Waals surface area contributed by atoms with Crippen LogP contribution in [0.5, 0.6) is 0 Å². The summed E-state index contributed by atoms with van der Waals surface area (Å²) >= 11 is 0. The minimum atomic E-state index is -0.514. The van der Waals surface area contributed by atoms with Gasteiger partial charge in [0.15, 0.2) is 0 Å². The molecule has 13 rings (SSSR count). The van der Waals surface area contributed by atoms with E-state index in [2.05, 4.69) is 6.08 Å². The fourth-order valence-electron chi connectivity index (χ4n) is 9.58. The summed E-state index contributed by atoms with van der Waals surface area (Å²) in [5.41, 5.74) is 4.08. The number of imidazole rings is 2. The number of aromatic nitrogens is 4. The lowest BCUT2D eigenvalue weighted by molar-refractivity contribution is 0.641. The van der Waals surface area contributed by atoms with Crippen LogP contribution in [0.25, 0.3) is 104 Å². The minimum Gasteiger partial charge on any atom is -0.268 e. The molecule has 242 valence electrons. The summed E-state index contributed by atoms with van der Waals surface area (Å²) in [7, 11) is 0. The zero-order valence-corrected chi connectivity index (χ0v) is 27.0. The first-order valence-corrected chi connectivity index (χ1v) is 17.2. The van der Waals surface area contributed by atoms with Crippen LogP contribution in [0.15, 0.2) is 112 Å². The Labute approximate surface area is 289 Å². The molecule has 0 radical (unpaired) electrons. The number of benzene rings is 7. The number of halogens is 2. The van der Waals surface area contributed by atoms with Crippen molar-refractivity contribution in [3.8, 4) is 0 Å². The van der Waals surface area contributed by atoms with E-state index >= 15 is 8.78 Å². The molecule has 0 spiro atoms. The van der Waals surface area contributed by atoms with E-state index in [-0.39, 0.29) is 27.8 Å². The standard InChI is InChI=1S/C44H20F2N4O2/c45-29-17-27-35-25(43(51)49-33-15-21-7-3-1-5-19(21)13-31(33)47-41(27)49)11-9-23-38-30(46)18-28-36-26(12-10-24(40(36)38)37(29)39(23)35)44(52)50-34-16-22-8-4-2-6-20(22)14-32(34)48-42(28)50/h1-13,15-18,20H,14H2. The highest BCUT2D eigenvalue weighted by Gasteiger charge is 2.30. The third kappa shape index (κ3) is 2.96. The van der Waals surface area contributed by atoms with Gasteiger partial charge in [-0.15, -0.1) is 0 Å². The lowest BCUT2D eigenvalue weighted by Gasteiger charge is -2.21. The summed E-state index contributed by atoms with van der Waals surface area (Å²) in [5.74, 6) is -0.860. The second kappa shape index (κ2) is 8.73. The van der Waals surface area contributed by atoms with Crippen molar-refractivity contribution in [1.82, 2.24) is 18.8 Å². The Morgan fingerprint density at radius 1 is 0.615 bits per heavy atom. The summed E-state index contributed by atoms with van der Waals surface area (Å²) in [4.78, 5) is 38.6. The van der Waals surface area contributed by atoms with Crippen molar-refractivity contribution in [3.63, 3.8) is 0 Å². The summed E-state index contributed by atoms with van der Waals surface area (Å²) in [6.07, 6.45) is 10.8. The lowest BCUT2D eigenvalue weighted by atomic mass is 9.85. The molecule has 0 saturated heterocycles. The molecule has 1 unspecified atom stereocenters. The highest BCUT2D eigenvalue weighted by molar-refractivity contribution is 6.40. The fourth-order valence-corrected chi connectivity index (χ4v) is 9.58. The van der Waals surface area contributed by atoms with Gasteiger partial charge in [0, 0.05) is 66.2 Å². The molecule has 0 fully saturated rings. The van der Waals surface area contributed by atoms with E-state index in [0.29, 0.717) is 88.3 Å². The van der Waals surface area contributed by atoms with Crippen molar-refractivity contribution in [2.75, 3.05) is 0 Å². The number of pyridine rings is 2. The van der Waals surface area contributed by atoms with Crippen molar-refractivity contribution in [2.24, 2.45) is 5.92 Å². The van der Waals surface area contributed by atoms with Crippen LogP contribution >= 0.6 is 0 Å². The van der Waals surface area contributed by atoms with Gasteiger partial charge in [-0.2, -0.15) is 0 Å². The monoisotopic (exact) mass is 674 g/mol. The van der Waals surface area contributed by atoms with Crippen LogP contribution in [0.1, 0.15) is 11.4 Å². The van der Waals surface area contributed by atoms with Gasteiger partial charge in [0.25, 0.3) is 11.1 Å². The molecule has 1 atom stereocenters. The molecule has 4 heterocycles. The first-order valence-electron chi connectivity index (χ1n) is 17.2. The largest absolute Gasteiger partial charge is 0.268 e. The Morgan fingerprint density at radius 2 is 1.23 bits per heavy atom. The molecule has 11 aromatic rings. The van der Waals surface area contributed by atoms with Crippen LogP contribution in [0.3, 0.4) is 0 Å². The summed E-state index contributed by atoms with van der Waals surface area (Å²) in [6.45, 7) is 0. The number of hydrogen-bond donors (Lipinski definition) is 0. The van der Waals surface area contributed by atoms with Gasteiger partial charge in [-0.05, 0) is 69.6 Å². The minimum absolute atomic E-state index is 0.160. The Hall–Kier alpha value is -6.80. The van der Waals surface area contributed by atoms with Gasteiger partial charge in [-0.25, -0.2) is 18.7 Å². The molecule has 2 aliphatic rings. The van der Waals surface area contributed by atoms with Crippen molar-refractivity contribution in [3.05, 3.63) is 146 Å². The van der Waals surface area contributed by atoms with E-state index in [9.17, 15) is 9.59 Å². The molecule has 4 aromatic heterocycles. The smallest absolute Gasteiger partial charge is 0.264 e. The Balaban J connectivity index is 1.21. The third-order valence-electron chi connectivity index (χ3n) is 11.8. The van der Waals surface area contributed by atoms with E-state index in [1.54, 1.807) is 33.1 Å². The van der Waals surface area contributed by atoms with Gasteiger partial charge in [0.2, 0.25) is 0 Å². The van der Waals surface area contributed by atoms with Crippen LogP contribution in [-0.4, -0.2) is 18.8 Å². The second-order valence-corrected chi connectivity index (χ2v) is 14.3. The second-order valence-electron chi connectivity index (χ2n) is 14.3. The van der Waals surface area contributed by atoms with E-state index in [0.717, 1.165) is 22.0 Å². The Bertz CT molecular complexity index is 3740. The lowest BCUT2D eigenvalue weighted by Crippen LogP contribution is -2.17. The van der Waals surface area contributed by atoms with Crippen molar-refractivity contribution >= 4 is 104 Å². The number of fused-ring (bicyclic) bond motifs is 12. The van der Waals surface area contributed by atoms with Gasteiger partial charge < -0.3 is 0 Å². The fraction of sp³-hybridized carbons (Fsp3) is 0.0455. The molecule has 8 heteroatoms. The predicted molar refractivity (Wildman–Crippen MR) is 203 cm³/mol. The zero-order valence-electron chi connectivity index (χ0n) is 27.0. The topological polar surface area (TPSA) is 68.7 Å². The summed E-state index contributed by atoms with van der Waals surface area (Å²) < 4.78 is 37.0. The summed E-state index contributed by atoms with van der Waals surface area (Å²) in [5, 5.41) is 7.28. The van der Waals surface area contributed by atoms with Crippen molar-refractivity contribution in [1.29, 1.82) is 0 Å². The predicted octanol–water partition coefficient (Wildman–Crippen LogP) is 9.20. The molecule has 52 heavy (non-hydrogen) atoms. The molecule has 0 N–H and O–H groups in total. The van der Waals surface area contributed by atoms with Gasteiger partial charge in [0.05, 0.1) is 22.4 Å². The number of nitrogens with zero attached hydrogens (tertiary/aromatic N) is 4. The molecular weight excluding hydrogens is 655 g/mol. The molecule has 6 nitrogen and oxygen atoms in total. The third-order valence-corrected chi connectivity index (χ3v) is 11.8. The molecule has 0 aliphatic heterocycles. The van der Waals surface area contributed by atoms with Crippen LogP contribution in [0.2, 0.25) is 0 Å². The normalized spacial score (nSPS) is 16.1. The molecular formula is C44H20F2N4O2. The maximum absolute atomic E-state index is 16.9. The number of rotatable bonds is 0. The molecule has 2 aliphatic carbocycles. The van der Waals surface area contributed by atoms with Crippen molar-refractivity contribution < 1.29 is 8.78 Å². The van der Waals surface area contributed by atoms with Gasteiger partial charge in [0.1, 0.15) is 22.9 Å². The van der Waals surface area contributed by atoms with E-state index in [4.69, 9.17) is 9.97 Å². The molecule has 0 saturated carbocycles. The number of hydrogen-bond acceptors (Lipinski definition) is 4. The number of allylic oxidation sites excluding steroid dienone is 5. The van der Waals surface area contributed by atoms with E-state index < -0.39 is 11.6 Å². The quantitative estimate of drug-likeness (QED) is 0.119. The average Bonchev–Trinajstić information content (AvgIpc) is 3.72. The highest BCUT2D eigenvalue weighted by atomic mass is 19.1. The first kappa shape index (κ1) is 27.0.